The molecule has 1 fully saturated rings. The van der Waals surface area contributed by atoms with Crippen molar-refractivity contribution in [2.24, 2.45) is 0 Å². The molecule has 1 amide bonds. The van der Waals surface area contributed by atoms with Crippen LogP contribution in [0, 0.1) is 0 Å². The van der Waals surface area contributed by atoms with E-state index in [0.29, 0.717) is 29.8 Å². The summed E-state index contributed by atoms with van der Waals surface area (Å²) in [6.45, 7) is 2.80. The summed E-state index contributed by atoms with van der Waals surface area (Å²) in [5.41, 5.74) is 2.90. The molecule has 1 aliphatic rings. The fourth-order valence-electron chi connectivity index (χ4n) is 4.02. The number of anilines is 1. The Balaban J connectivity index is 1.24. The first-order chi connectivity index (χ1) is 16.1. The minimum atomic E-state index is -0.0383. The van der Waals surface area contributed by atoms with E-state index in [-0.39, 0.29) is 11.7 Å². The second kappa shape index (κ2) is 9.37. The van der Waals surface area contributed by atoms with Gasteiger partial charge in [-0.25, -0.2) is 4.98 Å². The van der Waals surface area contributed by atoms with Gasteiger partial charge in [0.25, 0.3) is 5.91 Å². The molecule has 5 nitrogen and oxygen atoms in total. The van der Waals surface area contributed by atoms with Gasteiger partial charge in [-0.2, -0.15) is 0 Å². The third-order valence-electron chi connectivity index (χ3n) is 5.86. The third-order valence-corrected chi connectivity index (χ3v) is 7.71. The molecule has 0 atom stereocenters. The second-order valence-electron chi connectivity index (χ2n) is 7.86. The van der Waals surface area contributed by atoms with Gasteiger partial charge >= 0.3 is 0 Å². The summed E-state index contributed by atoms with van der Waals surface area (Å²) in [5.74, 6) is -0.0361. The lowest BCUT2D eigenvalue weighted by molar-refractivity contribution is 0.0746. The molecule has 2 heterocycles. The Labute approximate surface area is 201 Å². The molecule has 1 saturated heterocycles. The molecule has 5 rings (SSSR count). The molecular weight excluding hydrogens is 450 g/mol. The van der Waals surface area contributed by atoms with Crippen molar-refractivity contribution in [1.29, 1.82) is 0 Å². The van der Waals surface area contributed by atoms with Crippen LogP contribution in [0.25, 0.3) is 10.2 Å². The number of para-hydroxylation sites is 1. The fourth-order valence-corrected chi connectivity index (χ4v) is 5.69. The van der Waals surface area contributed by atoms with Crippen molar-refractivity contribution in [1.82, 2.24) is 9.88 Å². The highest BCUT2D eigenvalue weighted by molar-refractivity contribution is 7.98. The molecule has 1 aromatic heterocycles. The molecule has 0 spiro atoms. The highest BCUT2D eigenvalue weighted by atomic mass is 32.2. The lowest BCUT2D eigenvalue weighted by atomic mass is 10.0. The van der Waals surface area contributed by atoms with Gasteiger partial charge in [0.05, 0.1) is 10.2 Å². The maximum Gasteiger partial charge on any atom is 0.253 e. The fraction of sp³-hybridized carbons (Fsp3) is 0.192. The van der Waals surface area contributed by atoms with Gasteiger partial charge in [0.15, 0.2) is 10.9 Å². The predicted molar refractivity (Wildman–Crippen MR) is 136 cm³/mol. The summed E-state index contributed by atoms with van der Waals surface area (Å²) >= 11 is 3.42. The molecule has 7 heteroatoms. The number of hydrogen-bond acceptors (Lipinski definition) is 6. The first-order valence-electron chi connectivity index (χ1n) is 10.8. The summed E-state index contributed by atoms with van der Waals surface area (Å²) in [5, 5.41) is 1.02. The lowest BCUT2D eigenvalue weighted by Crippen LogP contribution is -2.48. The second-order valence-corrected chi connectivity index (χ2v) is 9.71. The Morgan fingerprint density at radius 2 is 1.48 bits per heavy atom. The van der Waals surface area contributed by atoms with Crippen LogP contribution in [0.3, 0.4) is 0 Å². The molecule has 0 unspecified atom stereocenters. The minimum Gasteiger partial charge on any atom is -0.345 e. The Kier molecular flexibility index (Phi) is 6.15. The van der Waals surface area contributed by atoms with E-state index in [4.69, 9.17) is 4.98 Å². The molecule has 0 bridgehead atoms. The molecule has 1 aliphatic heterocycles. The number of rotatable bonds is 5. The number of carbonyl (C=O) groups is 2. The van der Waals surface area contributed by atoms with Crippen molar-refractivity contribution >= 4 is 50.1 Å². The van der Waals surface area contributed by atoms with Gasteiger partial charge in [-0.1, -0.05) is 59.9 Å². The zero-order valence-electron chi connectivity index (χ0n) is 18.2. The van der Waals surface area contributed by atoms with Gasteiger partial charge in [-0.15, -0.1) is 11.8 Å². The van der Waals surface area contributed by atoms with Crippen molar-refractivity contribution < 1.29 is 9.59 Å². The normalized spacial score (nSPS) is 14.0. The molecule has 0 radical (unpaired) electrons. The van der Waals surface area contributed by atoms with Crippen LogP contribution in [-0.2, 0) is 0 Å². The highest BCUT2D eigenvalue weighted by Gasteiger charge is 2.24. The van der Waals surface area contributed by atoms with E-state index in [1.807, 2.05) is 23.1 Å². The number of aromatic nitrogens is 1. The van der Waals surface area contributed by atoms with Crippen LogP contribution in [0.5, 0.6) is 0 Å². The first kappa shape index (κ1) is 21.7. The van der Waals surface area contributed by atoms with E-state index in [2.05, 4.69) is 29.4 Å². The van der Waals surface area contributed by atoms with Crippen molar-refractivity contribution in [2.75, 3.05) is 37.3 Å². The topological polar surface area (TPSA) is 53.5 Å². The van der Waals surface area contributed by atoms with Gasteiger partial charge in [-0.05, 0) is 30.5 Å². The van der Waals surface area contributed by atoms with Gasteiger partial charge in [-0.3, -0.25) is 9.59 Å². The minimum absolute atomic E-state index is 0.00216. The SMILES string of the molecule is CSc1cccc2sc(N3CCN(C(=O)c4ccc(C(=O)c5ccccc5)cc4)CC3)nc12. The van der Waals surface area contributed by atoms with Crippen molar-refractivity contribution in [3.63, 3.8) is 0 Å². The average molecular weight is 474 g/mol. The van der Waals surface area contributed by atoms with E-state index in [1.54, 1.807) is 59.5 Å². The molecule has 33 heavy (non-hydrogen) atoms. The number of piperazine rings is 1. The van der Waals surface area contributed by atoms with E-state index in [0.717, 1.165) is 23.7 Å². The number of nitrogens with zero attached hydrogens (tertiary/aromatic N) is 3. The maximum atomic E-state index is 13.0. The Bertz CT molecular complexity index is 1290. The highest BCUT2D eigenvalue weighted by Crippen LogP contribution is 2.34. The van der Waals surface area contributed by atoms with Crippen LogP contribution in [0.4, 0.5) is 5.13 Å². The van der Waals surface area contributed by atoms with E-state index in [9.17, 15) is 9.59 Å². The summed E-state index contributed by atoms with van der Waals surface area (Å²) < 4.78 is 1.19. The molecular formula is C26H23N3O2S2. The zero-order chi connectivity index (χ0) is 22.8. The summed E-state index contributed by atoms with van der Waals surface area (Å²) in [6, 6.07) is 22.5. The Morgan fingerprint density at radius 1 is 0.818 bits per heavy atom. The van der Waals surface area contributed by atoms with Crippen LogP contribution in [0.1, 0.15) is 26.3 Å². The molecule has 0 saturated carbocycles. The van der Waals surface area contributed by atoms with Crippen molar-refractivity contribution in [3.8, 4) is 0 Å². The Hall–Kier alpha value is -3.16. The Morgan fingerprint density at radius 3 is 2.18 bits per heavy atom. The van der Waals surface area contributed by atoms with Gasteiger partial charge in [0, 0.05) is 47.8 Å². The lowest BCUT2D eigenvalue weighted by Gasteiger charge is -2.34. The van der Waals surface area contributed by atoms with E-state index < -0.39 is 0 Å². The smallest absolute Gasteiger partial charge is 0.253 e. The number of fused-ring (bicyclic) bond motifs is 1. The summed E-state index contributed by atoms with van der Waals surface area (Å²) in [6.07, 6.45) is 2.07. The number of hydrogen-bond donors (Lipinski definition) is 0. The largest absolute Gasteiger partial charge is 0.345 e. The quantitative estimate of drug-likeness (QED) is 0.294. The molecule has 0 aliphatic carbocycles. The standard InChI is InChI=1S/C26H23N3O2S2/c1-32-21-8-5-9-22-23(21)27-26(33-22)29-16-14-28(15-17-29)25(31)20-12-10-19(11-13-20)24(30)18-6-3-2-4-7-18/h2-13H,14-17H2,1H3. The maximum absolute atomic E-state index is 13.0. The third kappa shape index (κ3) is 4.38. The molecule has 166 valence electrons. The first-order valence-corrected chi connectivity index (χ1v) is 12.9. The molecule has 0 N–H and O–H groups in total. The van der Waals surface area contributed by atoms with Crippen LogP contribution in [0.15, 0.2) is 77.7 Å². The summed E-state index contributed by atoms with van der Waals surface area (Å²) in [4.78, 5) is 35.8. The van der Waals surface area contributed by atoms with E-state index >= 15 is 0 Å². The van der Waals surface area contributed by atoms with Crippen LogP contribution < -0.4 is 4.90 Å². The summed E-state index contributed by atoms with van der Waals surface area (Å²) in [7, 11) is 0. The number of benzene rings is 3. The van der Waals surface area contributed by atoms with Gasteiger partial charge in [0.1, 0.15) is 0 Å². The van der Waals surface area contributed by atoms with Crippen molar-refractivity contribution in [2.45, 2.75) is 4.90 Å². The van der Waals surface area contributed by atoms with Crippen LogP contribution >= 0.6 is 23.1 Å². The number of carbonyl (C=O) groups excluding carboxylic acids is 2. The van der Waals surface area contributed by atoms with E-state index in [1.165, 1.54) is 9.60 Å². The number of thioether (sulfide) groups is 1. The van der Waals surface area contributed by atoms with Crippen LogP contribution in [0.2, 0.25) is 0 Å². The number of amides is 1. The van der Waals surface area contributed by atoms with Crippen LogP contribution in [-0.4, -0.2) is 54.0 Å². The molecule has 3 aromatic carbocycles. The number of ketones is 1. The monoisotopic (exact) mass is 473 g/mol. The van der Waals surface area contributed by atoms with Gasteiger partial charge in [0.2, 0.25) is 0 Å². The zero-order valence-corrected chi connectivity index (χ0v) is 19.9. The van der Waals surface area contributed by atoms with Crippen molar-refractivity contribution in [3.05, 3.63) is 89.5 Å². The predicted octanol–water partition coefficient (Wildman–Crippen LogP) is 5.21. The molecule has 4 aromatic rings. The van der Waals surface area contributed by atoms with Gasteiger partial charge < -0.3 is 9.80 Å². The number of thiazole rings is 1. The average Bonchev–Trinajstić information content (AvgIpc) is 3.33.